The maximum absolute atomic E-state index is 12.9. The maximum atomic E-state index is 12.9. The van der Waals surface area contributed by atoms with E-state index in [0.717, 1.165) is 11.1 Å². The summed E-state index contributed by atoms with van der Waals surface area (Å²) in [5.74, 6) is 0.445. The Balaban J connectivity index is 1.59. The Kier molecular flexibility index (Phi) is 6.91. The number of ether oxygens (including phenoxy) is 1. The van der Waals surface area contributed by atoms with Crippen LogP contribution in [0.5, 0.6) is 5.75 Å². The SMILES string of the molecule is Cc1ccc(C)c(OC(C)(C)C(=O)NC2CCN(S(=O)(=O)c3ccc(C#N)cc3)CC2)c1. The standard InChI is InChI=1S/C24H29N3O4S/c1-17-5-6-18(2)22(15-17)31-24(3,4)23(28)26-20-11-13-27(14-12-20)32(29,30)21-9-7-19(16-25)8-10-21/h5-10,15,20H,11-14H2,1-4H3,(H,26,28). The zero-order valence-electron chi connectivity index (χ0n) is 18.9. The lowest BCUT2D eigenvalue weighted by atomic mass is 10.0. The molecule has 3 rings (SSSR count). The smallest absolute Gasteiger partial charge is 0.263 e. The van der Waals surface area contributed by atoms with Gasteiger partial charge >= 0.3 is 0 Å². The summed E-state index contributed by atoms with van der Waals surface area (Å²) < 4.78 is 33.2. The number of nitrogens with one attached hydrogen (secondary N) is 1. The average Bonchev–Trinajstić information content (AvgIpc) is 2.76. The summed E-state index contributed by atoms with van der Waals surface area (Å²) >= 11 is 0. The molecule has 7 nitrogen and oxygen atoms in total. The number of rotatable bonds is 6. The molecule has 1 aliphatic rings. The molecule has 0 saturated carbocycles. The number of sulfonamides is 1. The molecule has 0 aliphatic carbocycles. The molecular formula is C24H29N3O4S. The first-order chi connectivity index (χ1) is 15.0. The highest BCUT2D eigenvalue weighted by molar-refractivity contribution is 7.89. The molecule has 0 atom stereocenters. The van der Waals surface area contributed by atoms with Crippen molar-refractivity contribution in [2.24, 2.45) is 0 Å². The Morgan fingerprint density at radius 2 is 1.75 bits per heavy atom. The summed E-state index contributed by atoms with van der Waals surface area (Å²) in [6.07, 6.45) is 1.03. The molecule has 0 spiro atoms. The summed E-state index contributed by atoms with van der Waals surface area (Å²) in [6.45, 7) is 7.99. The molecule has 1 fully saturated rings. The Bertz CT molecular complexity index is 1130. The van der Waals surface area contributed by atoms with Gasteiger partial charge in [0.25, 0.3) is 5.91 Å². The van der Waals surface area contributed by atoms with Gasteiger partial charge < -0.3 is 10.1 Å². The van der Waals surface area contributed by atoms with Crippen LogP contribution < -0.4 is 10.1 Å². The molecule has 1 saturated heterocycles. The van der Waals surface area contributed by atoms with Gasteiger partial charge in [-0.25, -0.2) is 8.42 Å². The number of nitriles is 1. The van der Waals surface area contributed by atoms with Crippen LogP contribution in [0.3, 0.4) is 0 Å². The fourth-order valence-corrected chi connectivity index (χ4v) is 5.06. The van der Waals surface area contributed by atoms with E-state index < -0.39 is 15.6 Å². The van der Waals surface area contributed by atoms with Crippen molar-refractivity contribution in [1.82, 2.24) is 9.62 Å². The number of carbonyl (C=O) groups excluding carboxylic acids is 1. The van der Waals surface area contributed by atoms with Crippen molar-refractivity contribution in [3.05, 3.63) is 59.2 Å². The minimum atomic E-state index is -3.63. The number of piperidine rings is 1. The van der Waals surface area contributed by atoms with E-state index in [2.05, 4.69) is 5.32 Å². The van der Waals surface area contributed by atoms with Gasteiger partial charge in [0.05, 0.1) is 16.5 Å². The topological polar surface area (TPSA) is 99.5 Å². The van der Waals surface area contributed by atoms with E-state index >= 15 is 0 Å². The van der Waals surface area contributed by atoms with E-state index in [1.807, 2.05) is 38.1 Å². The van der Waals surface area contributed by atoms with Crippen molar-refractivity contribution in [3.63, 3.8) is 0 Å². The predicted octanol–water partition coefficient (Wildman–Crippen LogP) is 3.30. The Hall–Kier alpha value is -2.89. The summed E-state index contributed by atoms with van der Waals surface area (Å²) in [5, 5.41) is 11.9. The van der Waals surface area contributed by atoms with Gasteiger partial charge in [-0.15, -0.1) is 0 Å². The highest BCUT2D eigenvalue weighted by atomic mass is 32.2. The van der Waals surface area contributed by atoms with Crippen LogP contribution in [0.25, 0.3) is 0 Å². The predicted molar refractivity (Wildman–Crippen MR) is 122 cm³/mol. The summed E-state index contributed by atoms with van der Waals surface area (Å²) in [5.41, 5.74) is 1.36. The molecule has 1 N–H and O–H groups in total. The Labute approximate surface area is 190 Å². The quantitative estimate of drug-likeness (QED) is 0.720. The van der Waals surface area contributed by atoms with Crippen LogP contribution in [0, 0.1) is 25.2 Å². The van der Waals surface area contributed by atoms with Crippen molar-refractivity contribution < 1.29 is 17.9 Å². The first-order valence-corrected chi connectivity index (χ1v) is 12.0. The molecule has 2 aromatic rings. The van der Waals surface area contributed by atoms with Gasteiger partial charge in [-0.05, 0) is 82.0 Å². The maximum Gasteiger partial charge on any atom is 0.263 e. The monoisotopic (exact) mass is 455 g/mol. The molecule has 0 unspecified atom stereocenters. The number of benzene rings is 2. The van der Waals surface area contributed by atoms with Crippen LogP contribution in [0.2, 0.25) is 0 Å². The van der Waals surface area contributed by atoms with E-state index in [-0.39, 0.29) is 16.8 Å². The highest BCUT2D eigenvalue weighted by Gasteiger charge is 2.35. The minimum absolute atomic E-state index is 0.128. The number of aryl methyl sites for hydroxylation is 2. The lowest BCUT2D eigenvalue weighted by Crippen LogP contribution is -2.53. The molecular weight excluding hydrogens is 426 g/mol. The van der Waals surface area contributed by atoms with Gasteiger partial charge in [0.15, 0.2) is 5.60 Å². The molecule has 1 amide bonds. The first-order valence-electron chi connectivity index (χ1n) is 10.6. The molecule has 8 heteroatoms. The zero-order valence-corrected chi connectivity index (χ0v) is 19.7. The van der Waals surface area contributed by atoms with Crippen LogP contribution in [0.1, 0.15) is 43.4 Å². The fraction of sp³-hybridized carbons (Fsp3) is 0.417. The molecule has 0 radical (unpaired) electrons. The number of nitrogens with zero attached hydrogens (tertiary/aromatic N) is 2. The molecule has 170 valence electrons. The largest absolute Gasteiger partial charge is 0.478 e. The summed E-state index contributed by atoms with van der Waals surface area (Å²) in [4.78, 5) is 13.1. The van der Waals surface area contributed by atoms with Crippen molar-refractivity contribution in [2.45, 2.75) is 57.1 Å². The van der Waals surface area contributed by atoms with Gasteiger partial charge in [0.2, 0.25) is 10.0 Å². The van der Waals surface area contributed by atoms with E-state index in [1.165, 1.54) is 28.6 Å². The van der Waals surface area contributed by atoms with Crippen LogP contribution in [0.15, 0.2) is 47.4 Å². The normalized spacial score (nSPS) is 15.7. The minimum Gasteiger partial charge on any atom is -0.478 e. The average molecular weight is 456 g/mol. The van der Waals surface area contributed by atoms with Gasteiger partial charge in [0, 0.05) is 19.1 Å². The summed E-state index contributed by atoms with van der Waals surface area (Å²) in [6, 6.07) is 13.6. The number of amides is 1. The number of carbonyl (C=O) groups is 1. The van der Waals surface area contributed by atoms with E-state index in [0.29, 0.717) is 37.2 Å². The van der Waals surface area contributed by atoms with Crippen LogP contribution in [-0.2, 0) is 14.8 Å². The molecule has 32 heavy (non-hydrogen) atoms. The molecule has 0 aromatic heterocycles. The van der Waals surface area contributed by atoms with Gasteiger partial charge in [-0.2, -0.15) is 9.57 Å². The van der Waals surface area contributed by atoms with E-state index in [4.69, 9.17) is 10.00 Å². The second-order valence-electron chi connectivity index (χ2n) is 8.67. The van der Waals surface area contributed by atoms with Gasteiger partial charge in [0.1, 0.15) is 5.75 Å². The van der Waals surface area contributed by atoms with Crippen LogP contribution in [0.4, 0.5) is 0 Å². The molecule has 1 aliphatic heterocycles. The summed E-state index contributed by atoms with van der Waals surface area (Å²) in [7, 11) is -3.63. The highest BCUT2D eigenvalue weighted by Crippen LogP contribution is 2.25. The third-order valence-electron chi connectivity index (χ3n) is 5.67. The van der Waals surface area contributed by atoms with Crippen molar-refractivity contribution >= 4 is 15.9 Å². The van der Waals surface area contributed by atoms with Crippen LogP contribution >= 0.6 is 0 Å². The Morgan fingerprint density at radius 1 is 1.12 bits per heavy atom. The van der Waals surface area contributed by atoms with Gasteiger partial charge in [-0.1, -0.05) is 12.1 Å². The number of hydrogen-bond donors (Lipinski definition) is 1. The van der Waals surface area contributed by atoms with Gasteiger partial charge in [-0.3, -0.25) is 4.79 Å². The van der Waals surface area contributed by atoms with E-state index in [1.54, 1.807) is 13.8 Å². The van der Waals surface area contributed by atoms with E-state index in [9.17, 15) is 13.2 Å². The van der Waals surface area contributed by atoms with Crippen molar-refractivity contribution in [1.29, 1.82) is 5.26 Å². The molecule has 2 aromatic carbocycles. The third-order valence-corrected chi connectivity index (χ3v) is 7.58. The molecule has 1 heterocycles. The van der Waals surface area contributed by atoms with Crippen molar-refractivity contribution in [3.8, 4) is 11.8 Å². The van der Waals surface area contributed by atoms with Crippen LogP contribution in [-0.4, -0.2) is 43.4 Å². The molecule has 0 bridgehead atoms. The van der Waals surface area contributed by atoms with Crippen molar-refractivity contribution in [2.75, 3.05) is 13.1 Å². The second kappa shape index (κ2) is 9.31. The zero-order chi connectivity index (χ0) is 23.5. The lowest BCUT2D eigenvalue weighted by molar-refractivity contribution is -0.135. The second-order valence-corrected chi connectivity index (χ2v) is 10.6. The first kappa shape index (κ1) is 23.8. The lowest BCUT2D eigenvalue weighted by Gasteiger charge is -2.34. The fourth-order valence-electron chi connectivity index (χ4n) is 3.59. The Morgan fingerprint density at radius 3 is 2.34 bits per heavy atom. The number of hydrogen-bond acceptors (Lipinski definition) is 5. The third kappa shape index (κ3) is 5.29.